The van der Waals surface area contributed by atoms with E-state index in [0.717, 1.165) is 37.1 Å². The SMILES string of the molecule is Cc1ncc(C(=O)Nc2cc(Cl)cc(CN3CCN(C(=O)[C@H]4CCCO4)[C@H](C)C3)c2C)cc1F. The van der Waals surface area contributed by atoms with Crippen molar-refractivity contribution in [2.75, 3.05) is 31.6 Å². The maximum absolute atomic E-state index is 13.8. The second kappa shape index (κ2) is 10.4. The Morgan fingerprint density at radius 1 is 1.26 bits per heavy atom. The number of rotatable bonds is 5. The Balaban J connectivity index is 1.43. The van der Waals surface area contributed by atoms with Crippen LogP contribution in [0.3, 0.4) is 0 Å². The minimum atomic E-state index is -0.526. The van der Waals surface area contributed by atoms with Crippen LogP contribution in [0.25, 0.3) is 0 Å². The maximum Gasteiger partial charge on any atom is 0.257 e. The fourth-order valence-electron chi connectivity index (χ4n) is 4.56. The molecule has 0 aliphatic carbocycles. The van der Waals surface area contributed by atoms with Crippen molar-refractivity contribution in [2.45, 2.75) is 52.3 Å². The summed E-state index contributed by atoms with van der Waals surface area (Å²) in [6, 6.07) is 4.84. The van der Waals surface area contributed by atoms with Crippen LogP contribution in [0.15, 0.2) is 24.4 Å². The largest absolute Gasteiger partial charge is 0.368 e. The normalized spacial score (nSPS) is 21.0. The van der Waals surface area contributed by atoms with Gasteiger partial charge in [0.15, 0.2) is 0 Å². The number of ether oxygens (including phenoxy) is 1. The third-order valence-corrected chi connectivity index (χ3v) is 6.83. The molecule has 4 rings (SSSR count). The first-order chi connectivity index (χ1) is 16.2. The lowest BCUT2D eigenvalue weighted by atomic mass is 10.0. The van der Waals surface area contributed by atoms with Crippen molar-refractivity contribution < 1.29 is 18.7 Å². The van der Waals surface area contributed by atoms with Crippen LogP contribution < -0.4 is 5.32 Å². The van der Waals surface area contributed by atoms with Gasteiger partial charge in [-0.2, -0.15) is 0 Å². The molecule has 0 saturated carbocycles. The summed E-state index contributed by atoms with van der Waals surface area (Å²) < 4.78 is 19.4. The van der Waals surface area contributed by atoms with Crippen molar-refractivity contribution in [2.24, 2.45) is 0 Å². The Labute approximate surface area is 204 Å². The van der Waals surface area contributed by atoms with E-state index in [1.54, 1.807) is 13.0 Å². The van der Waals surface area contributed by atoms with Gasteiger partial charge in [-0.05, 0) is 62.9 Å². The summed E-state index contributed by atoms with van der Waals surface area (Å²) >= 11 is 6.37. The number of anilines is 1. The van der Waals surface area contributed by atoms with Gasteiger partial charge in [-0.3, -0.25) is 19.5 Å². The Morgan fingerprint density at radius 3 is 2.74 bits per heavy atom. The molecule has 2 aromatic rings. The zero-order chi connectivity index (χ0) is 24.4. The van der Waals surface area contributed by atoms with Crippen molar-refractivity contribution in [3.63, 3.8) is 0 Å². The lowest BCUT2D eigenvalue weighted by molar-refractivity contribution is -0.145. The second-order valence-corrected chi connectivity index (χ2v) is 9.54. The van der Waals surface area contributed by atoms with Crippen molar-refractivity contribution in [1.82, 2.24) is 14.8 Å². The van der Waals surface area contributed by atoms with E-state index in [2.05, 4.69) is 22.1 Å². The van der Waals surface area contributed by atoms with Crippen molar-refractivity contribution in [1.29, 1.82) is 0 Å². The minimum absolute atomic E-state index is 0.0769. The molecule has 7 nitrogen and oxygen atoms in total. The number of aromatic nitrogens is 1. The van der Waals surface area contributed by atoms with Crippen LogP contribution in [0.4, 0.5) is 10.1 Å². The van der Waals surface area contributed by atoms with Gasteiger partial charge in [0.05, 0.1) is 11.3 Å². The van der Waals surface area contributed by atoms with Crippen LogP contribution in [0.1, 0.15) is 46.9 Å². The molecule has 2 amide bonds. The number of hydrogen-bond donors (Lipinski definition) is 1. The molecule has 2 fully saturated rings. The molecule has 2 saturated heterocycles. The summed E-state index contributed by atoms with van der Waals surface area (Å²) in [4.78, 5) is 33.6. The minimum Gasteiger partial charge on any atom is -0.368 e. The van der Waals surface area contributed by atoms with E-state index >= 15 is 0 Å². The van der Waals surface area contributed by atoms with E-state index in [4.69, 9.17) is 16.3 Å². The highest BCUT2D eigenvalue weighted by Gasteiger charge is 2.34. The maximum atomic E-state index is 13.8. The number of amides is 2. The molecule has 34 heavy (non-hydrogen) atoms. The molecule has 1 N–H and O–H groups in total. The van der Waals surface area contributed by atoms with E-state index in [-0.39, 0.29) is 29.3 Å². The molecule has 2 aliphatic heterocycles. The predicted molar refractivity (Wildman–Crippen MR) is 129 cm³/mol. The van der Waals surface area contributed by atoms with E-state index in [0.29, 0.717) is 30.4 Å². The first-order valence-corrected chi connectivity index (χ1v) is 12.0. The molecule has 0 bridgehead atoms. The standard InChI is InChI=1S/C25H30ClFN4O3/c1-15-13-30(6-7-31(15)25(33)23-5-4-8-34-23)14-19-9-20(26)11-22(16(19)2)29-24(32)18-10-21(27)17(3)28-12-18/h9-12,15,23H,4-8,13-14H2,1-3H3,(H,29,32)/t15-,23-/m1/s1. The summed E-state index contributed by atoms with van der Waals surface area (Å²) in [5, 5.41) is 3.34. The average Bonchev–Trinajstić information content (AvgIpc) is 3.33. The first kappa shape index (κ1) is 24.6. The molecule has 182 valence electrons. The average molecular weight is 489 g/mol. The van der Waals surface area contributed by atoms with Crippen LogP contribution in [0.5, 0.6) is 0 Å². The highest BCUT2D eigenvalue weighted by Crippen LogP contribution is 2.28. The Bertz CT molecular complexity index is 1090. The molecular formula is C25H30ClFN4O3. The van der Waals surface area contributed by atoms with Crippen LogP contribution in [-0.2, 0) is 16.1 Å². The fourth-order valence-corrected chi connectivity index (χ4v) is 4.80. The molecule has 9 heteroatoms. The topological polar surface area (TPSA) is 74.8 Å². The number of halogens is 2. The van der Waals surface area contributed by atoms with Crippen molar-refractivity contribution >= 4 is 29.1 Å². The molecule has 1 aromatic carbocycles. The van der Waals surface area contributed by atoms with Crippen LogP contribution in [0, 0.1) is 19.7 Å². The molecule has 2 atom stereocenters. The van der Waals surface area contributed by atoms with E-state index < -0.39 is 11.7 Å². The zero-order valence-corrected chi connectivity index (χ0v) is 20.5. The van der Waals surface area contributed by atoms with Gasteiger partial charge in [0.2, 0.25) is 0 Å². The number of carbonyl (C=O) groups excluding carboxylic acids is 2. The Morgan fingerprint density at radius 2 is 2.06 bits per heavy atom. The van der Waals surface area contributed by atoms with E-state index in [1.165, 1.54) is 12.3 Å². The summed E-state index contributed by atoms with van der Waals surface area (Å²) in [5.41, 5.74) is 2.84. The van der Waals surface area contributed by atoms with Crippen LogP contribution >= 0.6 is 11.6 Å². The quantitative estimate of drug-likeness (QED) is 0.689. The van der Waals surface area contributed by atoms with Gasteiger partial charge in [0, 0.05) is 55.7 Å². The predicted octanol–water partition coefficient (Wildman–Crippen LogP) is 3.95. The molecular weight excluding hydrogens is 459 g/mol. The number of nitrogens with one attached hydrogen (secondary N) is 1. The lowest BCUT2D eigenvalue weighted by Crippen LogP contribution is -2.55. The number of carbonyl (C=O) groups is 2. The summed E-state index contributed by atoms with van der Waals surface area (Å²) in [5.74, 6) is -0.879. The second-order valence-electron chi connectivity index (χ2n) is 9.10. The first-order valence-electron chi connectivity index (χ1n) is 11.6. The van der Waals surface area contributed by atoms with Crippen LogP contribution in [-0.4, -0.2) is 65.0 Å². The van der Waals surface area contributed by atoms with Crippen molar-refractivity contribution in [3.05, 3.63) is 57.6 Å². The van der Waals surface area contributed by atoms with E-state index in [9.17, 15) is 14.0 Å². The van der Waals surface area contributed by atoms with Gasteiger partial charge in [-0.1, -0.05) is 11.6 Å². The van der Waals surface area contributed by atoms with Gasteiger partial charge in [0.25, 0.3) is 11.8 Å². The summed E-state index contributed by atoms with van der Waals surface area (Å²) in [7, 11) is 0. The van der Waals surface area contributed by atoms with Gasteiger partial charge in [-0.25, -0.2) is 4.39 Å². The molecule has 3 heterocycles. The number of benzene rings is 1. The van der Waals surface area contributed by atoms with Gasteiger partial charge < -0.3 is 15.0 Å². The summed E-state index contributed by atoms with van der Waals surface area (Å²) in [6.45, 7) is 8.96. The van der Waals surface area contributed by atoms with Gasteiger partial charge in [0.1, 0.15) is 11.9 Å². The lowest BCUT2D eigenvalue weighted by Gasteiger charge is -2.41. The third-order valence-electron chi connectivity index (χ3n) is 6.61. The number of piperazine rings is 1. The van der Waals surface area contributed by atoms with Gasteiger partial charge in [-0.15, -0.1) is 0 Å². The van der Waals surface area contributed by atoms with E-state index in [1.807, 2.05) is 17.9 Å². The Hall–Kier alpha value is -2.55. The number of aryl methyl sites for hydroxylation is 1. The number of hydrogen-bond acceptors (Lipinski definition) is 5. The van der Waals surface area contributed by atoms with Crippen LogP contribution in [0.2, 0.25) is 5.02 Å². The van der Waals surface area contributed by atoms with Gasteiger partial charge >= 0.3 is 0 Å². The monoisotopic (exact) mass is 488 g/mol. The highest BCUT2D eigenvalue weighted by atomic mass is 35.5. The van der Waals surface area contributed by atoms with Crippen molar-refractivity contribution in [3.8, 4) is 0 Å². The Kier molecular flexibility index (Phi) is 7.50. The third kappa shape index (κ3) is 5.40. The molecule has 0 spiro atoms. The number of nitrogens with zero attached hydrogens (tertiary/aromatic N) is 3. The zero-order valence-electron chi connectivity index (χ0n) is 19.7. The fraction of sp³-hybridized carbons (Fsp3) is 0.480. The molecule has 0 unspecified atom stereocenters. The smallest absolute Gasteiger partial charge is 0.257 e. The number of pyridine rings is 1. The molecule has 0 radical (unpaired) electrons. The summed E-state index contributed by atoms with van der Waals surface area (Å²) in [6.07, 6.45) is 2.79. The molecule has 2 aliphatic rings. The highest BCUT2D eigenvalue weighted by molar-refractivity contribution is 6.31. The molecule has 1 aromatic heterocycles.